The third kappa shape index (κ3) is 11.9. The molecule has 0 unspecified atom stereocenters. The Labute approximate surface area is 117 Å². The first-order valence-electron chi connectivity index (χ1n) is 7.82. The third-order valence-corrected chi connectivity index (χ3v) is 3.51. The smallest absolute Gasteiger partial charge is 0.306 e. The molecule has 1 atom stereocenters. The number of aliphatic carboxylic acids is 1. The molecule has 0 aliphatic carbocycles. The van der Waals surface area contributed by atoms with Gasteiger partial charge in [0.15, 0.2) is 0 Å². The van der Waals surface area contributed by atoms with Crippen LogP contribution in [0.2, 0.25) is 0 Å². The molecule has 0 heterocycles. The lowest BCUT2D eigenvalue weighted by atomic mass is 10.0. The van der Waals surface area contributed by atoms with E-state index in [4.69, 9.17) is 5.11 Å². The molecule has 19 heavy (non-hydrogen) atoms. The topological polar surface area (TPSA) is 54.4 Å². The molecule has 0 spiro atoms. The molecule has 3 heteroatoms. The standard InChI is InChI=1S/C16H30O3/c1-3-4-5-6-7-8-9-10-11-12-15(17)13-14(2)16(18)19/h14H,3-13H2,1-2H3,(H,18,19)/t14-/m1/s1. The zero-order chi connectivity index (χ0) is 14.5. The van der Waals surface area contributed by atoms with Crippen LogP contribution in [0, 0.1) is 5.92 Å². The third-order valence-electron chi connectivity index (χ3n) is 3.51. The van der Waals surface area contributed by atoms with E-state index >= 15 is 0 Å². The van der Waals surface area contributed by atoms with Crippen LogP contribution in [0.1, 0.15) is 84.5 Å². The highest BCUT2D eigenvalue weighted by Crippen LogP contribution is 2.12. The molecule has 0 rings (SSSR count). The summed E-state index contributed by atoms with van der Waals surface area (Å²) in [7, 11) is 0. The lowest BCUT2D eigenvalue weighted by Gasteiger charge is -2.05. The monoisotopic (exact) mass is 270 g/mol. The molecule has 0 aliphatic heterocycles. The number of unbranched alkanes of at least 4 members (excludes halogenated alkanes) is 8. The van der Waals surface area contributed by atoms with Crippen LogP contribution >= 0.6 is 0 Å². The Morgan fingerprint density at radius 1 is 0.895 bits per heavy atom. The van der Waals surface area contributed by atoms with E-state index in [-0.39, 0.29) is 12.2 Å². The maximum atomic E-state index is 11.5. The maximum Gasteiger partial charge on any atom is 0.306 e. The molecule has 0 aromatic carbocycles. The van der Waals surface area contributed by atoms with Crippen molar-refractivity contribution in [3.05, 3.63) is 0 Å². The van der Waals surface area contributed by atoms with Crippen LogP contribution in [0.4, 0.5) is 0 Å². The van der Waals surface area contributed by atoms with Gasteiger partial charge in [0.2, 0.25) is 0 Å². The van der Waals surface area contributed by atoms with Crippen molar-refractivity contribution in [2.45, 2.75) is 84.5 Å². The lowest BCUT2D eigenvalue weighted by molar-refractivity contribution is -0.143. The van der Waals surface area contributed by atoms with E-state index in [0.29, 0.717) is 6.42 Å². The number of carbonyl (C=O) groups is 2. The van der Waals surface area contributed by atoms with Crippen LogP contribution in [0.3, 0.4) is 0 Å². The number of hydrogen-bond donors (Lipinski definition) is 1. The molecule has 0 saturated heterocycles. The van der Waals surface area contributed by atoms with E-state index in [0.717, 1.165) is 12.8 Å². The van der Waals surface area contributed by atoms with Crippen molar-refractivity contribution in [3.63, 3.8) is 0 Å². The van der Waals surface area contributed by atoms with Crippen LogP contribution in [0.25, 0.3) is 0 Å². The zero-order valence-corrected chi connectivity index (χ0v) is 12.6. The summed E-state index contributed by atoms with van der Waals surface area (Å²) in [6.45, 7) is 3.82. The summed E-state index contributed by atoms with van der Waals surface area (Å²) >= 11 is 0. The number of Topliss-reactive ketones (excluding diaryl/α,β-unsaturated/α-hetero) is 1. The van der Waals surface area contributed by atoms with Gasteiger partial charge in [-0.2, -0.15) is 0 Å². The zero-order valence-electron chi connectivity index (χ0n) is 12.6. The van der Waals surface area contributed by atoms with E-state index < -0.39 is 11.9 Å². The van der Waals surface area contributed by atoms with Gasteiger partial charge in [0.25, 0.3) is 0 Å². The first-order chi connectivity index (χ1) is 9.07. The van der Waals surface area contributed by atoms with Gasteiger partial charge in [-0.1, -0.05) is 65.2 Å². The second-order valence-electron chi connectivity index (χ2n) is 5.56. The molecule has 0 fully saturated rings. The largest absolute Gasteiger partial charge is 0.481 e. The van der Waals surface area contributed by atoms with Gasteiger partial charge in [-0.3, -0.25) is 9.59 Å². The number of carbonyl (C=O) groups excluding carboxylic acids is 1. The number of carboxylic acid groups (broad SMARTS) is 1. The van der Waals surface area contributed by atoms with E-state index in [2.05, 4.69) is 6.92 Å². The Morgan fingerprint density at radius 2 is 1.37 bits per heavy atom. The number of hydrogen-bond acceptors (Lipinski definition) is 2. The van der Waals surface area contributed by atoms with Gasteiger partial charge < -0.3 is 5.11 Å². The van der Waals surface area contributed by atoms with Gasteiger partial charge >= 0.3 is 5.97 Å². The molecule has 1 N–H and O–H groups in total. The van der Waals surface area contributed by atoms with Gasteiger partial charge in [-0.05, 0) is 6.42 Å². The highest BCUT2D eigenvalue weighted by Gasteiger charge is 2.14. The van der Waals surface area contributed by atoms with Gasteiger partial charge in [-0.25, -0.2) is 0 Å². The quantitative estimate of drug-likeness (QED) is 0.498. The summed E-state index contributed by atoms with van der Waals surface area (Å²) in [4.78, 5) is 22.1. The second kappa shape index (κ2) is 12.2. The SMILES string of the molecule is CCCCCCCCCCCC(=O)C[C@@H](C)C(=O)O. The highest BCUT2D eigenvalue weighted by atomic mass is 16.4. The fraction of sp³-hybridized carbons (Fsp3) is 0.875. The molecule has 0 saturated carbocycles. The van der Waals surface area contributed by atoms with Crippen molar-refractivity contribution in [3.8, 4) is 0 Å². The summed E-state index contributed by atoms with van der Waals surface area (Å²) in [6, 6.07) is 0. The molecule has 112 valence electrons. The number of rotatable bonds is 13. The van der Waals surface area contributed by atoms with Crippen molar-refractivity contribution < 1.29 is 14.7 Å². The molecule has 0 amide bonds. The van der Waals surface area contributed by atoms with Crippen LogP contribution in [-0.2, 0) is 9.59 Å². The van der Waals surface area contributed by atoms with E-state index in [9.17, 15) is 9.59 Å². The summed E-state index contributed by atoms with van der Waals surface area (Å²) in [5.41, 5.74) is 0. The van der Waals surface area contributed by atoms with E-state index in [1.165, 1.54) is 44.9 Å². The minimum Gasteiger partial charge on any atom is -0.481 e. The molecule has 0 bridgehead atoms. The summed E-state index contributed by atoms with van der Waals surface area (Å²) < 4.78 is 0. The van der Waals surface area contributed by atoms with Crippen molar-refractivity contribution in [1.82, 2.24) is 0 Å². The van der Waals surface area contributed by atoms with Crippen molar-refractivity contribution in [1.29, 1.82) is 0 Å². The summed E-state index contributed by atoms with van der Waals surface area (Å²) in [5.74, 6) is -1.32. The lowest BCUT2D eigenvalue weighted by Crippen LogP contribution is -2.14. The highest BCUT2D eigenvalue weighted by molar-refractivity contribution is 5.83. The average Bonchev–Trinajstić information content (AvgIpc) is 2.36. The summed E-state index contributed by atoms with van der Waals surface area (Å²) in [5, 5.41) is 8.71. The van der Waals surface area contributed by atoms with Gasteiger partial charge in [0.1, 0.15) is 5.78 Å². The normalized spacial score (nSPS) is 12.3. The van der Waals surface area contributed by atoms with Crippen LogP contribution in [-0.4, -0.2) is 16.9 Å². The number of ketones is 1. The molecule has 0 aromatic heterocycles. The van der Waals surface area contributed by atoms with Crippen molar-refractivity contribution in [2.75, 3.05) is 0 Å². The van der Waals surface area contributed by atoms with Crippen molar-refractivity contribution >= 4 is 11.8 Å². The van der Waals surface area contributed by atoms with E-state index in [1.54, 1.807) is 6.92 Å². The maximum absolute atomic E-state index is 11.5. The first-order valence-corrected chi connectivity index (χ1v) is 7.82. The predicted octanol–water partition coefficient (Wildman–Crippen LogP) is 4.59. The van der Waals surface area contributed by atoms with Crippen LogP contribution < -0.4 is 0 Å². The average molecular weight is 270 g/mol. The van der Waals surface area contributed by atoms with E-state index in [1.807, 2.05) is 0 Å². The Kier molecular flexibility index (Phi) is 11.6. The van der Waals surface area contributed by atoms with Crippen LogP contribution in [0.15, 0.2) is 0 Å². The number of carboxylic acids is 1. The fourth-order valence-corrected chi connectivity index (χ4v) is 2.16. The minimum atomic E-state index is -0.875. The Hall–Kier alpha value is -0.860. The Balaban J connectivity index is 3.30. The van der Waals surface area contributed by atoms with Crippen molar-refractivity contribution in [2.24, 2.45) is 5.92 Å². The minimum absolute atomic E-state index is 0.0952. The second-order valence-corrected chi connectivity index (χ2v) is 5.56. The predicted molar refractivity (Wildman–Crippen MR) is 78.3 cm³/mol. The molecule has 0 radical (unpaired) electrons. The van der Waals surface area contributed by atoms with Gasteiger partial charge in [0.05, 0.1) is 5.92 Å². The molecule has 0 aliphatic rings. The fourth-order valence-electron chi connectivity index (χ4n) is 2.16. The van der Waals surface area contributed by atoms with Gasteiger partial charge in [0, 0.05) is 12.8 Å². The van der Waals surface area contributed by atoms with Gasteiger partial charge in [-0.15, -0.1) is 0 Å². The summed E-state index contributed by atoms with van der Waals surface area (Å²) in [6.07, 6.45) is 11.8. The molecule has 0 aromatic rings. The Morgan fingerprint density at radius 3 is 1.84 bits per heavy atom. The molecule has 3 nitrogen and oxygen atoms in total. The Bertz CT molecular complexity index is 248. The molecular formula is C16H30O3. The van der Waals surface area contributed by atoms with Crippen LogP contribution in [0.5, 0.6) is 0 Å². The molecular weight excluding hydrogens is 240 g/mol. The first kappa shape index (κ1) is 18.1.